The standard InChI is InChI=1S/C33H18ClF3N4O4S/c34-26-15-21(33(42)43)6-10-24(26)19-2-1-3-20(14-19)31-29(30-27(17-38)39-12-13-40-30)25-16-22(35)7-11-28(25)41(31)46(44,45)23-8-4-18(5-9-23)32(36)37/h1-16,32H,(H,42,43). The Hall–Kier alpha value is -5.51. The highest BCUT2D eigenvalue weighted by molar-refractivity contribution is 7.90. The van der Waals surface area contributed by atoms with E-state index in [0.717, 1.165) is 40.4 Å². The maximum atomic E-state index is 14.8. The molecule has 0 radical (unpaired) electrons. The molecule has 0 spiro atoms. The van der Waals surface area contributed by atoms with E-state index in [4.69, 9.17) is 11.6 Å². The summed E-state index contributed by atoms with van der Waals surface area (Å²) in [6, 6.07) is 20.1. The molecule has 0 saturated carbocycles. The quantitative estimate of drug-likeness (QED) is 0.184. The van der Waals surface area contributed by atoms with E-state index in [1.54, 1.807) is 24.3 Å². The second-order valence-electron chi connectivity index (χ2n) is 9.97. The molecule has 6 rings (SSSR count). The molecule has 0 saturated heterocycles. The van der Waals surface area contributed by atoms with Crippen molar-refractivity contribution >= 4 is 38.5 Å². The second kappa shape index (κ2) is 11.8. The van der Waals surface area contributed by atoms with E-state index in [-0.39, 0.29) is 60.2 Å². The number of benzene rings is 4. The van der Waals surface area contributed by atoms with E-state index in [9.17, 15) is 36.8 Å². The molecule has 0 bridgehead atoms. The Labute approximate surface area is 264 Å². The first-order valence-electron chi connectivity index (χ1n) is 13.3. The molecule has 4 aromatic carbocycles. The SMILES string of the molecule is N#Cc1nccnc1-c1c(-c2cccc(-c3ccc(C(=O)O)cc3Cl)c2)n(S(=O)(=O)c2ccc(C(F)F)cc2)c2ccc(F)cc12. The van der Waals surface area contributed by atoms with Gasteiger partial charge in [0.1, 0.15) is 17.6 Å². The summed E-state index contributed by atoms with van der Waals surface area (Å²) in [4.78, 5) is 19.5. The summed E-state index contributed by atoms with van der Waals surface area (Å²) < 4.78 is 71.3. The third-order valence-electron chi connectivity index (χ3n) is 7.26. The van der Waals surface area contributed by atoms with Crippen LogP contribution in [-0.4, -0.2) is 33.4 Å². The number of rotatable bonds is 7. The van der Waals surface area contributed by atoms with Crippen molar-refractivity contribution in [3.63, 3.8) is 0 Å². The Morgan fingerprint density at radius 1 is 0.935 bits per heavy atom. The van der Waals surface area contributed by atoms with E-state index in [1.165, 1.54) is 36.7 Å². The Balaban J connectivity index is 1.72. The van der Waals surface area contributed by atoms with Crippen molar-refractivity contribution in [1.82, 2.24) is 13.9 Å². The van der Waals surface area contributed by atoms with Gasteiger partial charge < -0.3 is 5.11 Å². The van der Waals surface area contributed by atoms with Gasteiger partial charge in [-0.2, -0.15) is 5.26 Å². The third kappa shape index (κ3) is 5.25. The summed E-state index contributed by atoms with van der Waals surface area (Å²) in [6.07, 6.45) is -0.235. The number of nitriles is 1. The number of nitrogens with zero attached hydrogens (tertiary/aromatic N) is 4. The molecule has 1 N–H and O–H groups in total. The van der Waals surface area contributed by atoms with Gasteiger partial charge >= 0.3 is 5.97 Å². The van der Waals surface area contributed by atoms with Crippen molar-refractivity contribution in [2.24, 2.45) is 0 Å². The Morgan fingerprint density at radius 2 is 1.65 bits per heavy atom. The summed E-state index contributed by atoms with van der Waals surface area (Å²) in [5, 5.41) is 19.5. The number of carboxylic acids is 1. The minimum atomic E-state index is -4.58. The van der Waals surface area contributed by atoms with Crippen molar-refractivity contribution in [3.05, 3.63) is 125 Å². The molecule has 228 valence electrons. The monoisotopic (exact) mass is 658 g/mol. The van der Waals surface area contributed by atoms with Gasteiger partial charge in [-0.25, -0.2) is 35.3 Å². The number of alkyl halides is 2. The molecule has 2 heterocycles. The zero-order valence-corrected chi connectivity index (χ0v) is 24.8. The normalized spacial score (nSPS) is 11.6. The fourth-order valence-corrected chi connectivity index (χ4v) is 7.03. The average molecular weight is 659 g/mol. The van der Waals surface area contributed by atoms with Crippen LogP contribution in [0.4, 0.5) is 13.2 Å². The van der Waals surface area contributed by atoms with Crippen molar-refractivity contribution in [2.45, 2.75) is 11.3 Å². The molecule has 8 nitrogen and oxygen atoms in total. The maximum absolute atomic E-state index is 14.8. The van der Waals surface area contributed by atoms with Gasteiger partial charge in [0.25, 0.3) is 16.4 Å². The van der Waals surface area contributed by atoms with Gasteiger partial charge in [-0.3, -0.25) is 4.98 Å². The zero-order chi connectivity index (χ0) is 32.7. The summed E-state index contributed by atoms with van der Waals surface area (Å²) in [6.45, 7) is 0. The first-order valence-corrected chi connectivity index (χ1v) is 15.2. The minimum absolute atomic E-state index is 0.0179. The van der Waals surface area contributed by atoms with Gasteiger partial charge in [0, 0.05) is 45.1 Å². The Kier molecular flexibility index (Phi) is 7.81. The van der Waals surface area contributed by atoms with E-state index >= 15 is 0 Å². The second-order valence-corrected chi connectivity index (χ2v) is 12.2. The summed E-state index contributed by atoms with van der Waals surface area (Å²) in [5.41, 5.74) is 0.671. The molecule has 0 fully saturated rings. The van der Waals surface area contributed by atoms with E-state index < -0.39 is 28.2 Å². The molecule has 6 aromatic rings. The molecular formula is C33H18ClF3N4O4S. The summed E-state index contributed by atoms with van der Waals surface area (Å²) in [5.74, 6) is -1.87. The number of fused-ring (bicyclic) bond motifs is 1. The lowest BCUT2D eigenvalue weighted by Crippen LogP contribution is -2.14. The van der Waals surface area contributed by atoms with Gasteiger partial charge in [-0.05, 0) is 54.1 Å². The van der Waals surface area contributed by atoms with Crippen LogP contribution in [0.3, 0.4) is 0 Å². The third-order valence-corrected chi connectivity index (χ3v) is 9.30. The van der Waals surface area contributed by atoms with Gasteiger partial charge in [0.15, 0.2) is 5.69 Å². The lowest BCUT2D eigenvalue weighted by Gasteiger charge is -2.15. The largest absolute Gasteiger partial charge is 0.478 e. The number of aromatic nitrogens is 3. The predicted octanol–water partition coefficient (Wildman–Crippen LogP) is 7.97. The number of aromatic carboxylic acids is 1. The minimum Gasteiger partial charge on any atom is -0.478 e. The van der Waals surface area contributed by atoms with Crippen LogP contribution in [0.2, 0.25) is 5.02 Å². The van der Waals surface area contributed by atoms with Crippen LogP contribution in [-0.2, 0) is 10.0 Å². The number of hydrogen-bond acceptors (Lipinski definition) is 6. The number of hydrogen-bond donors (Lipinski definition) is 1. The predicted molar refractivity (Wildman–Crippen MR) is 164 cm³/mol. The molecule has 46 heavy (non-hydrogen) atoms. The molecule has 2 aromatic heterocycles. The molecule has 0 aliphatic rings. The topological polar surface area (TPSA) is 126 Å². The van der Waals surface area contributed by atoms with Crippen LogP contribution in [0.1, 0.15) is 28.0 Å². The highest BCUT2D eigenvalue weighted by Gasteiger charge is 2.31. The smallest absolute Gasteiger partial charge is 0.335 e. The highest BCUT2D eigenvalue weighted by Crippen LogP contribution is 2.44. The lowest BCUT2D eigenvalue weighted by molar-refractivity contribution is 0.0697. The average Bonchev–Trinajstić information content (AvgIpc) is 3.39. The van der Waals surface area contributed by atoms with E-state index in [0.29, 0.717) is 11.1 Å². The fraction of sp³-hybridized carbons (Fsp3) is 0.0303. The highest BCUT2D eigenvalue weighted by atomic mass is 35.5. The van der Waals surface area contributed by atoms with Crippen LogP contribution in [0.25, 0.3) is 44.5 Å². The summed E-state index contributed by atoms with van der Waals surface area (Å²) >= 11 is 6.46. The summed E-state index contributed by atoms with van der Waals surface area (Å²) in [7, 11) is -4.58. The van der Waals surface area contributed by atoms with Crippen molar-refractivity contribution in [2.75, 3.05) is 0 Å². The van der Waals surface area contributed by atoms with Crippen molar-refractivity contribution in [1.29, 1.82) is 5.26 Å². The first kappa shape index (κ1) is 30.5. The fourth-order valence-electron chi connectivity index (χ4n) is 5.20. The molecular weight excluding hydrogens is 641 g/mol. The van der Waals surface area contributed by atoms with Gasteiger partial charge in [0.05, 0.1) is 21.7 Å². The number of carboxylic acid groups (broad SMARTS) is 1. The first-order chi connectivity index (χ1) is 22.0. The van der Waals surface area contributed by atoms with Crippen molar-refractivity contribution < 1.29 is 31.5 Å². The molecule has 13 heteroatoms. The van der Waals surface area contributed by atoms with Crippen molar-refractivity contribution in [3.8, 4) is 39.7 Å². The zero-order valence-electron chi connectivity index (χ0n) is 23.2. The van der Waals surface area contributed by atoms with Gasteiger partial charge in [-0.1, -0.05) is 48.0 Å². The molecule has 0 amide bonds. The van der Waals surface area contributed by atoms with Crippen LogP contribution in [0, 0.1) is 17.1 Å². The molecule has 0 aliphatic carbocycles. The number of halogens is 4. The Morgan fingerprint density at radius 3 is 2.33 bits per heavy atom. The van der Waals surface area contributed by atoms with Crippen LogP contribution >= 0.6 is 11.6 Å². The van der Waals surface area contributed by atoms with Crippen LogP contribution < -0.4 is 0 Å². The van der Waals surface area contributed by atoms with Crippen LogP contribution in [0.15, 0.2) is 102 Å². The maximum Gasteiger partial charge on any atom is 0.335 e. The van der Waals surface area contributed by atoms with E-state index in [2.05, 4.69) is 9.97 Å². The Bertz CT molecular complexity index is 2340. The molecule has 0 unspecified atom stereocenters. The molecule has 0 atom stereocenters. The van der Waals surface area contributed by atoms with Gasteiger partial charge in [-0.15, -0.1) is 0 Å². The van der Waals surface area contributed by atoms with E-state index in [1.807, 2.05) is 6.07 Å². The number of carbonyl (C=O) groups is 1. The van der Waals surface area contributed by atoms with Crippen LogP contribution in [0.5, 0.6) is 0 Å². The molecule has 0 aliphatic heterocycles. The lowest BCUT2D eigenvalue weighted by atomic mass is 9.97. The van der Waals surface area contributed by atoms with Gasteiger partial charge in [0.2, 0.25) is 0 Å².